The van der Waals surface area contributed by atoms with Crippen LogP contribution < -0.4 is 4.90 Å². The van der Waals surface area contributed by atoms with Crippen molar-refractivity contribution in [3.05, 3.63) is 23.8 Å². The summed E-state index contributed by atoms with van der Waals surface area (Å²) in [4.78, 5) is 28.9. The highest BCUT2D eigenvalue weighted by Gasteiger charge is 2.34. The number of morpholine rings is 1. The van der Waals surface area contributed by atoms with Crippen molar-refractivity contribution >= 4 is 27.5 Å². The topological polar surface area (TPSA) is 87.2 Å². The fraction of sp³-hybridized carbons (Fsp3) is 0.652. The van der Waals surface area contributed by atoms with Gasteiger partial charge in [-0.1, -0.05) is 13.3 Å². The van der Waals surface area contributed by atoms with Gasteiger partial charge in [0.25, 0.3) is 0 Å². The summed E-state index contributed by atoms with van der Waals surface area (Å²) < 4.78 is 33.5. The molecule has 1 unspecified atom stereocenters. The van der Waals surface area contributed by atoms with E-state index in [0.717, 1.165) is 36.9 Å². The van der Waals surface area contributed by atoms with Crippen LogP contribution in [0.3, 0.4) is 0 Å². The maximum atomic E-state index is 13.3. The summed E-state index contributed by atoms with van der Waals surface area (Å²) in [5.74, 6) is -0.113. The van der Waals surface area contributed by atoms with Gasteiger partial charge in [-0.05, 0) is 49.4 Å². The summed E-state index contributed by atoms with van der Waals surface area (Å²) in [6, 6.07) is 5.17. The number of sulfonamides is 1. The number of amides is 2. The first-order valence-electron chi connectivity index (χ1n) is 11.7. The van der Waals surface area contributed by atoms with E-state index in [1.807, 2.05) is 6.92 Å². The summed E-state index contributed by atoms with van der Waals surface area (Å²) in [5.41, 5.74) is 1.64. The Balaban J connectivity index is 1.43. The van der Waals surface area contributed by atoms with Gasteiger partial charge >= 0.3 is 0 Å². The molecule has 0 N–H and O–H groups in total. The van der Waals surface area contributed by atoms with Crippen LogP contribution in [0.2, 0.25) is 0 Å². The van der Waals surface area contributed by atoms with E-state index in [-0.39, 0.29) is 30.7 Å². The van der Waals surface area contributed by atoms with E-state index in [0.29, 0.717) is 50.7 Å². The normalized spacial score (nSPS) is 22.1. The van der Waals surface area contributed by atoms with E-state index >= 15 is 0 Å². The Morgan fingerprint density at radius 3 is 2.53 bits per heavy atom. The molecule has 0 spiro atoms. The average Bonchev–Trinajstić information content (AvgIpc) is 3.26. The number of hydrogen-bond donors (Lipinski definition) is 0. The van der Waals surface area contributed by atoms with Crippen molar-refractivity contribution in [2.24, 2.45) is 0 Å². The summed E-state index contributed by atoms with van der Waals surface area (Å²) in [7, 11) is -3.55. The second-order valence-corrected chi connectivity index (χ2v) is 10.6. The molecule has 0 saturated carbocycles. The highest BCUT2D eigenvalue weighted by Crippen LogP contribution is 2.33. The molecule has 8 nitrogen and oxygen atoms in total. The summed E-state index contributed by atoms with van der Waals surface area (Å²) >= 11 is 0. The molecule has 1 atom stereocenters. The third-order valence-corrected chi connectivity index (χ3v) is 8.76. The average molecular weight is 464 g/mol. The summed E-state index contributed by atoms with van der Waals surface area (Å²) in [5, 5.41) is 0. The number of anilines is 1. The summed E-state index contributed by atoms with van der Waals surface area (Å²) in [6.07, 6.45) is 4.65. The Bertz CT molecular complexity index is 958. The van der Waals surface area contributed by atoms with Gasteiger partial charge in [0.2, 0.25) is 21.8 Å². The maximum absolute atomic E-state index is 13.3. The predicted molar refractivity (Wildman–Crippen MR) is 121 cm³/mol. The SMILES string of the molecule is CCC1CCCCN1S(=O)(=O)c1ccc2c(c1)CCN2C(=O)CCC(=O)N1CCOCC1. The van der Waals surface area contributed by atoms with Gasteiger partial charge in [0.15, 0.2) is 0 Å². The zero-order valence-electron chi connectivity index (χ0n) is 18.8. The van der Waals surface area contributed by atoms with Crippen molar-refractivity contribution in [3.8, 4) is 0 Å². The van der Waals surface area contributed by atoms with Gasteiger partial charge in [-0.3, -0.25) is 9.59 Å². The zero-order chi connectivity index (χ0) is 22.7. The molecule has 1 aromatic rings. The van der Waals surface area contributed by atoms with Crippen LogP contribution in [0.15, 0.2) is 23.1 Å². The Kier molecular flexibility index (Phi) is 7.17. The van der Waals surface area contributed by atoms with E-state index < -0.39 is 10.0 Å². The molecule has 1 aromatic carbocycles. The maximum Gasteiger partial charge on any atom is 0.243 e. The molecule has 0 bridgehead atoms. The van der Waals surface area contributed by atoms with Crippen molar-refractivity contribution in [2.45, 2.75) is 62.8 Å². The van der Waals surface area contributed by atoms with Crippen molar-refractivity contribution < 1.29 is 22.7 Å². The van der Waals surface area contributed by atoms with Crippen molar-refractivity contribution in [2.75, 3.05) is 44.3 Å². The van der Waals surface area contributed by atoms with Crippen LogP contribution in [0.1, 0.15) is 51.0 Å². The lowest BCUT2D eigenvalue weighted by molar-refractivity contribution is -0.136. The molecule has 0 aliphatic carbocycles. The molecular weight excluding hydrogens is 430 g/mol. The molecule has 2 saturated heterocycles. The first-order chi connectivity index (χ1) is 15.4. The van der Waals surface area contributed by atoms with Gasteiger partial charge in [0, 0.05) is 50.7 Å². The smallest absolute Gasteiger partial charge is 0.243 e. The second kappa shape index (κ2) is 9.89. The van der Waals surface area contributed by atoms with Gasteiger partial charge in [-0.15, -0.1) is 0 Å². The molecule has 0 aromatic heterocycles. The molecule has 4 rings (SSSR count). The van der Waals surface area contributed by atoms with Crippen LogP contribution >= 0.6 is 0 Å². The zero-order valence-corrected chi connectivity index (χ0v) is 19.6. The van der Waals surface area contributed by atoms with Gasteiger partial charge < -0.3 is 14.5 Å². The van der Waals surface area contributed by atoms with E-state index in [4.69, 9.17) is 4.74 Å². The number of fused-ring (bicyclic) bond motifs is 1. The molecule has 176 valence electrons. The molecular formula is C23H33N3O5S. The number of carbonyl (C=O) groups is 2. The third-order valence-electron chi connectivity index (χ3n) is 6.82. The molecule has 3 heterocycles. The van der Waals surface area contributed by atoms with Gasteiger partial charge in [0.05, 0.1) is 18.1 Å². The number of carbonyl (C=O) groups excluding carboxylic acids is 2. The van der Waals surface area contributed by atoms with Gasteiger partial charge in [-0.25, -0.2) is 8.42 Å². The molecule has 9 heteroatoms. The van der Waals surface area contributed by atoms with Crippen LogP contribution in [0.5, 0.6) is 0 Å². The lowest BCUT2D eigenvalue weighted by atomic mass is 10.0. The highest BCUT2D eigenvalue weighted by molar-refractivity contribution is 7.89. The Morgan fingerprint density at radius 2 is 1.78 bits per heavy atom. The van der Waals surface area contributed by atoms with Gasteiger partial charge in [-0.2, -0.15) is 4.31 Å². The Labute approximate surface area is 190 Å². The second-order valence-electron chi connectivity index (χ2n) is 8.75. The number of rotatable bonds is 6. The standard InChI is InChI=1S/C23H33N3O5S/c1-2-19-5-3-4-11-26(19)32(29,30)20-6-7-21-18(17-20)10-12-25(21)23(28)9-8-22(27)24-13-15-31-16-14-24/h6-7,17,19H,2-5,8-16H2,1H3. The number of ether oxygens (including phenoxy) is 1. The third kappa shape index (κ3) is 4.70. The molecule has 0 radical (unpaired) electrons. The van der Waals surface area contributed by atoms with E-state index in [2.05, 4.69) is 0 Å². The molecule has 2 fully saturated rings. The number of nitrogens with zero attached hydrogens (tertiary/aromatic N) is 3. The van der Waals surface area contributed by atoms with Crippen LogP contribution in [0.25, 0.3) is 0 Å². The minimum Gasteiger partial charge on any atom is -0.378 e. The Hall–Kier alpha value is -1.97. The van der Waals surface area contributed by atoms with E-state index in [1.165, 1.54) is 0 Å². The first-order valence-corrected chi connectivity index (χ1v) is 13.2. The first kappa shape index (κ1) is 23.2. The molecule has 32 heavy (non-hydrogen) atoms. The van der Waals surface area contributed by atoms with Crippen LogP contribution in [0.4, 0.5) is 5.69 Å². The van der Waals surface area contributed by atoms with Crippen molar-refractivity contribution in [3.63, 3.8) is 0 Å². The van der Waals surface area contributed by atoms with Crippen molar-refractivity contribution in [1.82, 2.24) is 9.21 Å². The van der Waals surface area contributed by atoms with Crippen LogP contribution in [0, 0.1) is 0 Å². The quantitative estimate of drug-likeness (QED) is 0.645. The minimum atomic E-state index is -3.55. The highest BCUT2D eigenvalue weighted by atomic mass is 32.2. The van der Waals surface area contributed by atoms with Gasteiger partial charge in [0.1, 0.15) is 0 Å². The lowest BCUT2D eigenvalue weighted by Gasteiger charge is -2.34. The Morgan fingerprint density at radius 1 is 1.03 bits per heavy atom. The number of hydrogen-bond acceptors (Lipinski definition) is 5. The minimum absolute atomic E-state index is 0.0190. The predicted octanol–water partition coefficient (Wildman–Crippen LogP) is 2.17. The fourth-order valence-corrected chi connectivity index (χ4v) is 6.77. The van der Waals surface area contributed by atoms with Crippen LogP contribution in [-0.4, -0.2) is 74.9 Å². The fourth-order valence-electron chi connectivity index (χ4n) is 4.95. The molecule has 3 aliphatic heterocycles. The van der Waals surface area contributed by atoms with Crippen LogP contribution in [-0.2, 0) is 30.8 Å². The molecule has 2 amide bonds. The monoisotopic (exact) mass is 463 g/mol. The van der Waals surface area contributed by atoms with E-state index in [1.54, 1.807) is 32.3 Å². The molecule has 3 aliphatic rings. The number of piperidine rings is 1. The summed E-state index contributed by atoms with van der Waals surface area (Å²) in [6.45, 7) is 5.36. The number of benzene rings is 1. The van der Waals surface area contributed by atoms with E-state index in [9.17, 15) is 18.0 Å². The van der Waals surface area contributed by atoms with Crippen molar-refractivity contribution in [1.29, 1.82) is 0 Å². The lowest BCUT2D eigenvalue weighted by Crippen LogP contribution is -2.43. The largest absolute Gasteiger partial charge is 0.378 e.